The van der Waals surface area contributed by atoms with Gasteiger partial charge in [0.15, 0.2) is 11.9 Å². The van der Waals surface area contributed by atoms with Crippen LogP contribution < -0.4 is 0 Å². The number of H-pyrrole nitrogens is 1. The monoisotopic (exact) mass is 410 g/mol. The summed E-state index contributed by atoms with van der Waals surface area (Å²) in [5, 5.41) is 0. The van der Waals surface area contributed by atoms with Gasteiger partial charge in [-0.25, -0.2) is 4.79 Å². The smallest absolute Gasteiger partial charge is 0.329 e. The van der Waals surface area contributed by atoms with Gasteiger partial charge in [-0.2, -0.15) is 0 Å². The van der Waals surface area contributed by atoms with Crippen molar-refractivity contribution in [2.24, 2.45) is 0 Å². The maximum atomic E-state index is 12.8. The number of Topliss-reactive ketones (excluding diaryl/α,β-unsaturated/α-hetero) is 2. The molecule has 1 aromatic heterocycles. The van der Waals surface area contributed by atoms with Gasteiger partial charge in [-0.05, 0) is 52.3 Å². The van der Waals surface area contributed by atoms with E-state index in [1.54, 1.807) is 26.0 Å². The zero-order valence-electron chi connectivity index (χ0n) is 17.4. The first-order valence-electron chi connectivity index (χ1n) is 9.48. The summed E-state index contributed by atoms with van der Waals surface area (Å²) in [6.07, 6.45) is -1.17. The SMILES string of the molecule is CC(=O)c1c(C)[nH]c(C(=O)[C@H](C)OC(=O)[C@H](C)N2C(=O)c3ccccc3C2=O)c1C. The highest BCUT2D eigenvalue weighted by Gasteiger charge is 2.42. The van der Waals surface area contributed by atoms with Crippen LogP contribution in [0.2, 0.25) is 0 Å². The van der Waals surface area contributed by atoms with E-state index in [-0.39, 0.29) is 22.6 Å². The van der Waals surface area contributed by atoms with E-state index in [9.17, 15) is 24.0 Å². The van der Waals surface area contributed by atoms with Crippen molar-refractivity contribution in [3.63, 3.8) is 0 Å². The molecular formula is C22H22N2O6. The van der Waals surface area contributed by atoms with E-state index in [2.05, 4.69) is 4.98 Å². The van der Waals surface area contributed by atoms with E-state index in [0.717, 1.165) is 4.90 Å². The van der Waals surface area contributed by atoms with Crippen LogP contribution in [0.4, 0.5) is 0 Å². The second kappa shape index (κ2) is 7.70. The van der Waals surface area contributed by atoms with Crippen LogP contribution in [0.25, 0.3) is 0 Å². The van der Waals surface area contributed by atoms with E-state index < -0.39 is 35.7 Å². The number of carbonyl (C=O) groups is 5. The van der Waals surface area contributed by atoms with E-state index in [0.29, 0.717) is 16.8 Å². The molecule has 0 bridgehead atoms. The van der Waals surface area contributed by atoms with Crippen LogP contribution in [0.3, 0.4) is 0 Å². The van der Waals surface area contributed by atoms with Crippen LogP contribution in [0.5, 0.6) is 0 Å². The highest BCUT2D eigenvalue weighted by atomic mass is 16.5. The van der Waals surface area contributed by atoms with Gasteiger partial charge in [-0.15, -0.1) is 0 Å². The lowest BCUT2D eigenvalue weighted by atomic mass is 10.0. The Morgan fingerprint density at radius 2 is 1.53 bits per heavy atom. The van der Waals surface area contributed by atoms with Crippen molar-refractivity contribution >= 4 is 29.4 Å². The molecule has 2 amide bonds. The maximum absolute atomic E-state index is 12.8. The first-order valence-corrected chi connectivity index (χ1v) is 9.48. The molecule has 0 unspecified atom stereocenters. The first-order chi connectivity index (χ1) is 14.1. The molecule has 0 saturated carbocycles. The predicted molar refractivity (Wildman–Crippen MR) is 107 cm³/mol. The van der Waals surface area contributed by atoms with Crippen molar-refractivity contribution in [1.82, 2.24) is 9.88 Å². The largest absolute Gasteiger partial charge is 0.453 e. The Labute approximate surface area is 173 Å². The summed E-state index contributed by atoms with van der Waals surface area (Å²) in [5.41, 5.74) is 2.10. The van der Waals surface area contributed by atoms with Crippen LogP contribution in [0.15, 0.2) is 24.3 Å². The number of ketones is 2. The second-order valence-corrected chi connectivity index (χ2v) is 7.33. The Morgan fingerprint density at radius 1 is 1.00 bits per heavy atom. The fourth-order valence-electron chi connectivity index (χ4n) is 3.72. The normalized spacial score (nSPS) is 15.0. The number of imide groups is 1. The summed E-state index contributed by atoms with van der Waals surface area (Å²) in [6.45, 7) is 7.51. The molecule has 2 atom stereocenters. The molecule has 2 heterocycles. The average Bonchev–Trinajstić information content (AvgIpc) is 3.13. The fraction of sp³-hybridized carbons (Fsp3) is 0.318. The number of nitrogens with one attached hydrogen (secondary N) is 1. The Hall–Kier alpha value is -3.55. The fourth-order valence-corrected chi connectivity index (χ4v) is 3.72. The average molecular weight is 410 g/mol. The van der Waals surface area contributed by atoms with E-state index in [1.165, 1.54) is 32.9 Å². The molecule has 0 radical (unpaired) electrons. The highest BCUT2D eigenvalue weighted by Crippen LogP contribution is 2.25. The van der Waals surface area contributed by atoms with Gasteiger partial charge < -0.3 is 9.72 Å². The summed E-state index contributed by atoms with van der Waals surface area (Å²) >= 11 is 0. The number of ether oxygens (including phenoxy) is 1. The van der Waals surface area contributed by atoms with Crippen LogP contribution in [-0.4, -0.2) is 51.4 Å². The van der Waals surface area contributed by atoms with Gasteiger partial charge in [0, 0.05) is 11.3 Å². The number of aromatic nitrogens is 1. The first kappa shape index (κ1) is 21.2. The zero-order chi connectivity index (χ0) is 22.3. The Kier molecular flexibility index (Phi) is 5.43. The number of amides is 2. The predicted octanol–water partition coefficient (Wildman–Crippen LogP) is 2.63. The molecule has 8 nitrogen and oxygen atoms in total. The lowest BCUT2D eigenvalue weighted by molar-refractivity contribution is -0.150. The van der Waals surface area contributed by atoms with Crippen molar-refractivity contribution in [3.8, 4) is 0 Å². The quantitative estimate of drug-likeness (QED) is 0.445. The Morgan fingerprint density at radius 3 is 2.00 bits per heavy atom. The number of aryl methyl sites for hydroxylation is 1. The molecule has 0 fully saturated rings. The molecular weight excluding hydrogens is 388 g/mol. The summed E-state index contributed by atoms with van der Waals surface area (Å²) in [6, 6.07) is 5.10. The lowest BCUT2D eigenvalue weighted by Gasteiger charge is -2.22. The third-order valence-electron chi connectivity index (χ3n) is 5.25. The molecule has 3 rings (SSSR count). The number of aromatic amines is 1. The van der Waals surface area contributed by atoms with Crippen molar-refractivity contribution in [3.05, 3.63) is 57.9 Å². The summed E-state index contributed by atoms with van der Waals surface area (Å²) < 4.78 is 5.26. The molecule has 0 spiro atoms. The third-order valence-corrected chi connectivity index (χ3v) is 5.25. The van der Waals surface area contributed by atoms with Gasteiger partial charge in [0.05, 0.1) is 16.8 Å². The number of carbonyl (C=O) groups excluding carboxylic acids is 5. The van der Waals surface area contributed by atoms with Crippen molar-refractivity contribution in [2.45, 2.75) is 46.8 Å². The van der Waals surface area contributed by atoms with Gasteiger partial charge in [0.2, 0.25) is 5.78 Å². The molecule has 8 heteroatoms. The number of hydrogen-bond acceptors (Lipinski definition) is 6. The topological polar surface area (TPSA) is 114 Å². The summed E-state index contributed by atoms with van der Waals surface area (Å²) in [7, 11) is 0. The molecule has 30 heavy (non-hydrogen) atoms. The van der Waals surface area contributed by atoms with Gasteiger partial charge in [-0.1, -0.05) is 12.1 Å². The van der Waals surface area contributed by atoms with Gasteiger partial charge >= 0.3 is 5.97 Å². The Bertz CT molecular complexity index is 1060. The number of hydrogen-bond donors (Lipinski definition) is 1. The minimum absolute atomic E-state index is 0.177. The van der Waals surface area contributed by atoms with Crippen LogP contribution in [-0.2, 0) is 9.53 Å². The molecule has 1 aliphatic rings. The molecule has 1 aromatic carbocycles. The summed E-state index contributed by atoms with van der Waals surface area (Å²) in [4.78, 5) is 65.9. The molecule has 1 aliphatic heterocycles. The molecule has 156 valence electrons. The van der Waals surface area contributed by atoms with Crippen LogP contribution in [0.1, 0.15) is 73.6 Å². The number of fused-ring (bicyclic) bond motifs is 1. The molecule has 0 saturated heterocycles. The lowest BCUT2D eigenvalue weighted by Crippen LogP contribution is -2.45. The van der Waals surface area contributed by atoms with Gasteiger partial charge in [0.1, 0.15) is 6.04 Å². The van der Waals surface area contributed by atoms with Crippen LogP contribution >= 0.6 is 0 Å². The standard InChI is InChI=1S/C22H22N2O6/c1-10-17(13(4)25)11(2)23-18(10)19(26)14(5)30-22(29)12(3)24-20(27)15-8-6-7-9-16(15)21(24)28/h6-9,12,14,23H,1-5H3/t12-,14-/m0/s1. The number of benzene rings is 1. The maximum Gasteiger partial charge on any atom is 0.329 e. The van der Waals surface area contributed by atoms with E-state index >= 15 is 0 Å². The minimum atomic E-state index is -1.20. The molecule has 0 aliphatic carbocycles. The number of rotatable bonds is 6. The molecule has 2 aromatic rings. The second-order valence-electron chi connectivity index (χ2n) is 7.33. The van der Waals surface area contributed by atoms with Crippen molar-refractivity contribution < 1.29 is 28.7 Å². The highest BCUT2D eigenvalue weighted by molar-refractivity contribution is 6.22. The third kappa shape index (κ3) is 3.34. The van der Waals surface area contributed by atoms with E-state index in [4.69, 9.17) is 4.74 Å². The van der Waals surface area contributed by atoms with Crippen molar-refractivity contribution in [2.75, 3.05) is 0 Å². The Balaban J connectivity index is 1.76. The van der Waals surface area contributed by atoms with Crippen molar-refractivity contribution in [1.29, 1.82) is 0 Å². The zero-order valence-corrected chi connectivity index (χ0v) is 17.4. The number of nitrogens with zero attached hydrogens (tertiary/aromatic N) is 1. The minimum Gasteiger partial charge on any atom is -0.453 e. The summed E-state index contributed by atoms with van der Waals surface area (Å²) in [5.74, 6) is -2.73. The van der Waals surface area contributed by atoms with Gasteiger partial charge in [-0.3, -0.25) is 24.1 Å². The van der Waals surface area contributed by atoms with Gasteiger partial charge in [0.25, 0.3) is 11.8 Å². The number of esters is 1. The molecule has 1 N–H and O–H groups in total. The van der Waals surface area contributed by atoms with Crippen LogP contribution in [0, 0.1) is 13.8 Å². The van der Waals surface area contributed by atoms with E-state index in [1.807, 2.05) is 0 Å².